The molecule has 162 valence electrons. The van der Waals surface area contributed by atoms with Crippen molar-refractivity contribution in [2.24, 2.45) is 5.10 Å². The van der Waals surface area contributed by atoms with E-state index in [1.807, 2.05) is 19.1 Å². The number of halogens is 1. The number of hydrogen-bond donors (Lipinski definition) is 2. The molecule has 0 heterocycles. The van der Waals surface area contributed by atoms with Crippen molar-refractivity contribution in [3.05, 3.63) is 100 Å². The standard InChI is InChI=1S/C24H20ClN3O4/c1-16-2-6-19(7-3-16)24(31)32-21-12-4-17(5-13-21)14-27-28-22(29)15-26-23(30)18-8-10-20(25)11-9-18/h2-14H,15H2,1H3,(H,26,30)(H,28,29)/b27-14-. The molecule has 0 spiro atoms. The Morgan fingerprint density at radius 1 is 0.906 bits per heavy atom. The summed E-state index contributed by atoms with van der Waals surface area (Å²) in [7, 11) is 0. The lowest BCUT2D eigenvalue weighted by Gasteiger charge is -2.05. The Morgan fingerprint density at radius 2 is 1.53 bits per heavy atom. The molecule has 7 nitrogen and oxygen atoms in total. The molecule has 8 heteroatoms. The second kappa shape index (κ2) is 10.9. The predicted octanol–water partition coefficient (Wildman–Crippen LogP) is 3.75. The van der Waals surface area contributed by atoms with Crippen LogP contribution in [0.4, 0.5) is 0 Å². The SMILES string of the molecule is Cc1ccc(C(=O)Oc2ccc(/C=N\NC(=O)CNC(=O)c3ccc(Cl)cc3)cc2)cc1. The highest BCUT2D eigenvalue weighted by atomic mass is 35.5. The van der Waals surface area contributed by atoms with Gasteiger partial charge in [0.2, 0.25) is 0 Å². The van der Waals surface area contributed by atoms with Gasteiger partial charge in [0.25, 0.3) is 11.8 Å². The second-order valence-corrected chi connectivity index (χ2v) is 7.24. The van der Waals surface area contributed by atoms with Gasteiger partial charge in [0.15, 0.2) is 0 Å². The molecule has 2 N–H and O–H groups in total. The molecule has 0 aliphatic heterocycles. The van der Waals surface area contributed by atoms with E-state index >= 15 is 0 Å². The number of carbonyl (C=O) groups is 3. The molecule has 3 aromatic rings. The maximum Gasteiger partial charge on any atom is 0.343 e. The van der Waals surface area contributed by atoms with Crippen molar-refractivity contribution in [3.8, 4) is 5.75 Å². The summed E-state index contributed by atoms with van der Waals surface area (Å²) in [5.41, 5.74) is 4.93. The van der Waals surface area contributed by atoms with Gasteiger partial charge >= 0.3 is 5.97 Å². The average Bonchev–Trinajstić information content (AvgIpc) is 2.79. The van der Waals surface area contributed by atoms with Crippen LogP contribution in [0.1, 0.15) is 31.8 Å². The first-order valence-electron chi connectivity index (χ1n) is 9.65. The van der Waals surface area contributed by atoms with Crippen LogP contribution in [0.15, 0.2) is 77.9 Å². The van der Waals surface area contributed by atoms with E-state index in [9.17, 15) is 14.4 Å². The summed E-state index contributed by atoms with van der Waals surface area (Å²) < 4.78 is 5.33. The maximum atomic E-state index is 12.1. The molecule has 0 atom stereocenters. The Balaban J connectivity index is 1.44. The Morgan fingerprint density at radius 3 is 2.19 bits per heavy atom. The van der Waals surface area contributed by atoms with Crippen molar-refractivity contribution >= 4 is 35.6 Å². The minimum absolute atomic E-state index is 0.229. The second-order valence-electron chi connectivity index (χ2n) is 6.81. The predicted molar refractivity (Wildman–Crippen MR) is 122 cm³/mol. The first-order valence-corrected chi connectivity index (χ1v) is 10.0. The van der Waals surface area contributed by atoms with Crippen LogP contribution in [0, 0.1) is 6.92 Å². The van der Waals surface area contributed by atoms with Crippen molar-refractivity contribution in [1.82, 2.24) is 10.7 Å². The van der Waals surface area contributed by atoms with Gasteiger partial charge < -0.3 is 10.1 Å². The van der Waals surface area contributed by atoms with Gasteiger partial charge in [-0.05, 0) is 73.2 Å². The summed E-state index contributed by atoms with van der Waals surface area (Å²) in [6, 6.07) is 20.0. The Bertz CT molecular complexity index is 1130. The summed E-state index contributed by atoms with van der Waals surface area (Å²) in [6.07, 6.45) is 1.44. The van der Waals surface area contributed by atoms with Crippen LogP contribution in [0.3, 0.4) is 0 Å². The number of hydrazone groups is 1. The van der Waals surface area contributed by atoms with E-state index in [-0.39, 0.29) is 6.54 Å². The molecule has 0 fully saturated rings. The molecular weight excluding hydrogens is 430 g/mol. The molecule has 0 aromatic heterocycles. The monoisotopic (exact) mass is 449 g/mol. The maximum absolute atomic E-state index is 12.1. The topological polar surface area (TPSA) is 96.9 Å². The van der Waals surface area contributed by atoms with Crippen LogP contribution >= 0.6 is 11.6 Å². The number of ether oxygens (including phenoxy) is 1. The fourth-order valence-corrected chi connectivity index (χ4v) is 2.69. The Hall–Kier alpha value is -3.97. The van der Waals surface area contributed by atoms with Crippen LogP contribution in [-0.4, -0.2) is 30.5 Å². The lowest BCUT2D eigenvalue weighted by molar-refractivity contribution is -0.120. The van der Waals surface area contributed by atoms with E-state index in [4.69, 9.17) is 16.3 Å². The Labute approximate surface area is 190 Å². The molecule has 0 bridgehead atoms. The molecule has 32 heavy (non-hydrogen) atoms. The van der Waals surface area contributed by atoms with Crippen LogP contribution in [0.25, 0.3) is 0 Å². The van der Waals surface area contributed by atoms with Gasteiger partial charge in [-0.2, -0.15) is 5.10 Å². The molecular formula is C24H20ClN3O4. The molecule has 3 rings (SSSR count). The minimum atomic E-state index is -0.479. The number of nitrogens with zero attached hydrogens (tertiary/aromatic N) is 1. The van der Waals surface area contributed by atoms with Crippen molar-refractivity contribution < 1.29 is 19.1 Å². The molecule has 0 saturated heterocycles. The van der Waals surface area contributed by atoms with Gasteiger partial charge in [0, 0.05) is 10.6 Å². The number of esters is 1. The number of amides is 2. The first-order chi connectivity index (χ1) is 15.4. The number of hydrogen-bond acceptors (Lipinski definition) is 5. The minimum Gasteiger partial charge on any atom is -0.423 e. The number of aryl methyl sites for hydroxylation is 1. The van der Waals surface area contributed by atoms with Crippen LogP contribution < -0.4 is 15.5 Å². The summed E-state index contributed by atoms with van der Waals surface area (Å²) in [5, 5.41) is 6.86. The van der Waals surface area contributed by atoms with E-state index in [1.165, 1.54) is 6.21 Å². The molecule has 0 radical (unpaired) electrons. The van der Waals surface area contributed by atoms with E-state index in [1.54, 1.807) is 60.7 Å². The molecule has 2 amide bonds. The molecule has 0 saturated carbocycles. The zero-order chi connectivity index (χ0) is 22.9. The smallest absolute Gasteiger partial charge is 0.343 e. The van der Waals surface area contributed by atoms with Crippen LogP contribution in [0.2, 0.25) is 5.02 Å². The number of carbonyl (C=O) groups excluding carboxylic acids is 3. The first kappa shape index (κ1) is 22.7. The van der Waals surface area contributed by atoms with Crippen LogP contribution in [-0.2, 0) is 4.79 Å². The van der Waals surface area contributed by atoms with Gasteiger partial charge in [-0.3, -0.25) is 9.59 Å². The third-order valence-electron chi connectivity index (χ3n) is 4.30. The summed E-state index contributed by atoms with van der Waals surface area (Å²) in [4.78, 5) is 35.9. The number of rotatable bonds is 7. The van der Waals surface area contributed by atoms with Gasteiger partial charge in [0.05, 0.1) is 18.3 Å². The number of benzene rings is 3. The third kappa shape index (κ3) is 6.78. The van der Waals surface area contributed by atoms with E-state index in [2.05, 4.69) is 15.8 Å². The van der Waals surface area contributed by atoms with Gasteiger partial charge in [-0.15, -0.1) is 0 Å². The lowest BCUT2D eigenvalue weighted by Crippen LogP contribution is -2.34. The van der Waals surface area contributed by atoms with Crippen molar-refractivity contribution in [3.63, 3.8) is 0 Å². The van der Waals surface area contributed by atoms with Gasteiger partial charge in [0.1, 0.15) is 5.75 Å². The van der Waals surface area contributed by atoms with Gasteiger partial charge in [-0.1, -0.05) is 29.3 Å². The van der Waals surface area contributed by atoms with Crippen molar-refractivity contribution in [2.75, 3.05) is 6.54 Å². The van der Waals surface area contributed by atoms with E-state index in [0.29, 0.717) is 27.5 Å². The van der Waals surface area contributed by atoms with Gasteiger partial charge in [-0.25, -0.2) is 10.2 Å². The van der Waals surface area contributed by atoms with Crippen LogP contribution in [0.5, 0.6) is 5.75 Å². The molecule has 0 aliphatic carbocycles. The highest BCUT2D eigenvalue weighted by Gasteiger charge is 2.09. The number of nitrogens with one attached hydrogen (secondary N) is 2. The van der Waals surface area contributed by atoms with E-state index in [0.717, 1.165) is 5.56 Å². The highest BCUT2D eigenvalue weighted by Crippen LogP contribution is 2.14. The lowest BCUT2D eigenvalue weighted by atomic mass is 10.1. The van der Waals surface area contributed by atoms with Crippen molar-refractivity contribution in [2.45, 2.75) is 6.92 Å². The molecule has 0 unspecified atom stereocenters. The Kier molecular flexibility index (Phi) is 7.72. The average molecular weight is 450 g/mol. The zero-order valence-electron chi connectivity index (χ0n) is 17.2. The summed E-state index contributed by atoms with van der Waals surface area (Å²) in [6.45, 7) is 1.71. The van der Waals surface area contributed by atoms with E-state index < -0.39 is 17.8 Å². The zero-order valence-corrected chi connectivity index (χ0v) is 17.9. The largest absolute Gasteiger partial charge is 0.423 e. The third-order valence-corrected chi connectivity index (χ3v) is 4.55. The summed E-state index contributed by atoms with van der Waals surface area (Å²) >= 11 is 5.78. The fraction of sp³-hybridized carbons (Fsp3) is 0.0833. The summed E-state index contributed by atoms with van der Waals surface area (Å²) in [5.74, 6) is -0.926. The van der Waals surface area contributed by atoms with Crippen molar-refractivity contribution in [1.29, 1.82) is 0 Å². The molecule has 0 aliphatic rings. The fourth-order valence-electron chi connectivity index (χ4n) is 2.56. The normalized spacial score (nSPS) is 10.6. The highest BCUT2D eigenvalue weighted by molar-refractivity contribution is 6.30. The quantitative estimate of drug-likeness (QED) is 0.248. The molecule has 3 aromatic carbocycles.